The maximum Gasteiger partial charge on any atom is 0.222 e. The van der Waals surface area contributed by atoms with E-state index < -0.39 is 0 Å². The number of phenols is 1. The van der Waals surface area contributed by atoms with Gasteiger partial charge in [-0.2, -0.15) is 4.98 Å². The lowest BCUT2D eigenvalue weighted by atomic mass is 10.0. The minimum absolute atomic E-state index is 0.0530. The van der Waals surface area contributed by atoms with Crippen LogP contribution in [-0.4, -0.2) is 39.1 Å². The molecule has 1 aromatic heterocycles. The summed E-state index contributed by atoms with van der Waals surface area (Å²) < 4.78 is 0. The number of aromatic hydroxyl groups is 1. The zero-order chi connectivity index (χ0) is 19.1. The van der Waals surface area contributed by atoms with Gasteiger partial charge in [0, 0.05) is 35.9 Å². The van der Waals surface area contributed by atoms with Gasteiger partial charge in [-0.15, -0.1) is 0 Å². The fourth-order valence-electron chi connectivity index (χ4n) is 2.93. The van der Waals surface area contributed by atoms with Gasteiger partial charge < -0.3 is 21.3 Å². The number of nitrogens with zero attached hydrogens (tertiary/aromatic N) is 2. The Morgan fingerprint density at radius 3 is 2.69 bits per heavy atom. The first-order chi connectivity index (χ1) is 12.5. The molecule has 0 aliphatic rings. The molecule has 0 bridgehead atoms. The topological polar surface area (TPSA) is 121 Å². The fraction of sp³-hybridized carbons (Fsp3) is 0.421. The Bertz CT molecular complexity index is 759. The second-order valence-electron chi connectivity index (χ2n) is 6.32. The molecular formula is C19H26N4O3. The second-order valence-corrected chi connectivity index (χ2v) is 6.32. The van der Waals surface area contributed by atoms with E-state index in [0.29, 0.717) is 36.1 Å². The smallest absolute Gasteiger partial charge is 0.222 e. The molecule has 2 rings (SSSR count). The van der Waals surface area contributed by atoms with Crippen molar-refractivity contribution in [3.05, 3.63) is 40.6 Å². The van der Waals surface area contributed by atoms with Crippen molar-refractivity contribution in [3.63, 3.8) is 0 Å². The molecule has 0 saturated heterocycles. The summed E-state index contributed by atoms with van der Waals surface area (Å²) in [6.45, 7) is 4.01. The predicted molar refractivity (Wildman–Crippen MR) is 102 cm³/mol. The number of aryl methyl sites for hydroxylation is 1. The Balaban J connectivity index is 2.36. The number of hydrogen-bond acceptors (Lipinski definition) is 7. The number of phenolic OH excluding ortho intramolecular Hbond substituents is 1. The number of carbonyl (C=O) groups is 1. The molecular weight excluding hydrogens is 332 g/mol. The fourth-order valence-corrected chi connectivity index (χ4v) is 2.93. The summed E-state index contributed by atoms with van der Waals surface area (Å²) in [5, 5.41) is 22.8. The van der Waals surface area contributed by atoms with Gasteiger partial charge in [-0.3, -0.25) is 4.79 Å². The molecule has 0 aliphatic heterocycles. The summed E-state index contributed by atoms with van der Waals surface area (Å²) in [6, 6.07) is 4.89. The first-order valence-corrected chi connectivity index (χ1v) is 8.75. The highest BCUT2D eigenvalue weighted by molar-refractivity contribution is 5.76. The number of aromatic nitrogens is 2. The average Bonchev–Trinajstić information content (AvgIpc) is 2.59. The number of carbonyl (C=O) groups excluding carboxylic acids is 1. The van der Waals surface area contributed by atoms with Crippen LogP contribution in [-0.2, 0) is 6.42 Å². The Labute approximate surface area is 153 Å². The first kappa shape index (κ1) is 19.7. The van der Waals surface area contributed by atoms with E-state index in [-0.39, 0.29) is 24.3 Å². The maximum absolute atomic E-state index is 10.8. The molecule has 1 atom stereocenters. The van der Waals surface area contributed by atoms with E-state index in [1.807, 2.05) is 6.92 Å². The van der Waals surface area contributed by atoms with Crippen molar-refractivity contribution in [1.29, 1.82) is 0 Å². The lowest BCUT2D eigenvalue weighted by molar-refractivity contribution is 0.112. The van der Waals surface area contributed by atoms with E-state index in [4.69, 9.17) is 5.73 Å². The summed E-state index contributed by atoms with van der Waals surface area (Å²) in [4.78, 5) is 19.4. The number of hydrogen-bond donors (Lipinski definition) is 4. The number of nitrogen functional groups attached to an aromatic ring is 1. The Morgan fingerprint density at radius 2 is 2.08 bits per heavy atom. The van der Waals surface area contributed by atoms with Crippen LogP contribution in [0, 0.1) is 6.92 Å². The summed E-state index contributed by atoms with van der Waals surface area (Å²) >= 11 is 0. The third kappa shape index (κ3) is 4.92. The molecule has 0 radical (unpaired) electrons. The van der Waals surface area contributed by atoms with Gasteiger partial charge in [-0.25, -0.2) is 4.98 Å². The molecule has 0 fully saturated rings. The standard InChI is InChI=1S/C19H26N4O3/c1-3-4-15(7-8-24)22-18-16(12(2)21-19(20)23-18)10-14-6-5-13(11-25)9-17(14)26/h5-6,9,11,15,24,26H,3-4,7-8,10H2,1-2H3,(H3,20,21,22,23)/t15-/m0/s1. The molecule has 1 heterocycles. The largest absolute Gasteiger partial charge is 0.508 e. The van der Waals surface area contributed by atoms with Crippen LogP contribution >= 0.6 is 0 Å². The van der Waals surface area contributed by atoms with Gasteiger partial charge >= 0.3 is 0 Å². The predicted octanol–water partition coefficient (Wildman–Crippen LogP) is 2.44. The van der Waals surface area contributed by atoms with E-state index in [1.54, 1.807) is 12.1 Å². The van der Waals surface area contributed by atoms with Gasteiger partial charge in [0.05, 0.1) is 0 Å². The number of aliphatic hydroxyl groups is 1. The SMILES string of the molecule is CCC[C@@H](CCO)Nc1nc(N)nc(C)c1Cc1ccc(C=O)cc1O. The number of rotatable bonds is 9. The van der Waals surface area contributed by atoms with Gasteiger partial charge in [-0.05, 0) is 31.4 Å². The van der Waals surface area contributed by atoms with Crippen molar-refractivity contribution in [1.82, 2.24) is 9.97 Å². The Kier molecular flexibility index (Phi) is 6.91. The number of nitrogens with two attached hydrogens (primary N) is 1. The van der Waals surface area contributed by atoms with Gasteiger partial charge in [0.25, 0.3) is 0 Å². The molecule has 7 heteroatoms. The molecule has 0 saturated carbocycles. The average molecular weight is 358 g/mol. The van der Waals surface area contributed by atoms with Crippen LogP contribution in [0.3, 0.4) is 0 Å². The number of nitrogens with one attached hydrogen (secondary N) is 1. The monoisotopic (exact) mass is 358 g/mol. The molecule has 1 aromatic carbocycles. The van der Waals surface area contributed by atoms with Gasteiger partial charge in [0.1, 0.15) is 17.9 Å². The van der Waals surface area contributed by atoms with Crippen LogP contribution in [0.5, 0.6) is 5.75 Å². The third-order valence-corrected chi connectivity index (χ3v) is 4.30. The molecule has 26 heavy (non-hydrogen) atoms. The van der Waals surface area contributed by atoms with Crippen LogP contribution in [0.15, 0.2) is 18.2 Å². The lowest BCUT2D eigenvalue weighted by Crippen LogP contribution is -2.23. The zero-order valence-corrected chi connectivity index (χ0v) is 15.2. The van der Waals surface area contributed by atoms with Crippen LogP contribution in [0.4, 0.5) is 11.8 Å². The van der Waals surface area contributed by atoms with Gasteiger partial charge in [-0.1, -0.05) is 25.5 Å². The van der Waals surface area contributed by atoms with E-state index in [0.717, 1.165) is 24.1 Å². The molecule has 0 unspecified atom stereocenters. The third-order valence-electron chi connectivity index (χ3n) is 4.30. The minimum atomic E-state index is 0.0530. The zero-order valence-electron chi connectivity index (χ0n) is 15.2. The van der Waals surface area contributed by atoms with E-state index in [1.165, 1.54) is 6.07 Å². The second kappa shape index (κ2) is 9.15. The van der Waals surface area contributed by atoms with Gasteiger partial charge in [0.2, 0.25) is 5.95 Å². The molecule has 5 N–H and O–H groups in total. The molecule has 140 valence electrons. The normalized spacial score (nSPS) is 12.0. The summed E-state index contributed by atoms with van der Waals surface area (Å²) in [5.41, 5.74) is 8.45. The minimum Gasteiger partial charge on any atom is -0.508 e. The van der Waals surface area contributed by atoms with Crippen LogP contribution < -0.4 is 11.1 Å². The summed E-state index contributed by atoms with van der Waals surface area (Å²) in [5.74, 6) is 0.839. The van der Waals surface area contributed by atoms with E-state index in [2.05, 4.69) is 22.2 Å². The first-order valence-electron chi connectivity index (χ1n) is 8.75. The van der Waals surface area contributed by atoms with Gasteiger partial charge in [0.15, 0.2) is 0 Å². The van der Waals surface area contributed by atoms with Crippen molar-refractivity contribution in [2.45, 2.75) is 45.6 Å². The summed E-state index contributed by atoms with van der Waals surface area (Å²) in [6.07, 6.45) is 3.56. The maximum atomic E-state index is 10.8. The molecule has 2 aromatic rings. The van der Waals surface area contributed by atoms with Crippen molar-refractivity contribution in [3.8, 4) is 5.75 Å². The van der Waals surface area contributed by atoms with Crippen LogP contribution in [0.1, 0.15) is 53.4 Å². The van der Waals surface area contributed by atoms with Crippen LogP contribution in [0.25, 0.3) is 0 Å². The van der Waals surface area contributed by atoms with Crippen molar-refractivity contribution < 1.29 is 15.0 Å². The highest BCUT2D eigenvalue weighted by Gasteiger charge is 2.16. The lowest BCUT2D eigenvalue weighted by Gasteiger charge is -2.21. The highest BCUT2D eigenvalue weighted by Crippen LogP contribution is 2.27. The van der Waals surface area contributed by atoms with E-state index in [9.17, 15) is 15.0 Å². The number of aldehydes is 1. The van der Waals surface area contributed by atoms with E-state index >= 15 is 0 Å². The van der Waals surface area contributed by atoms with Crippen molar-refractivity contribution in [2.24, 2.45) is 0 Å². The number of benzene rings is 1. The molecule has 0 aliphatic carbocycles. The highest BCUT2D eigenvalue weighted by atomic mass is 16.3. The number of aliphatic hydroxyl groups excluding tert-OH is 1. The molecule has 0 spiro atoms. The Hall–Kier alpha value is -2.67. The van der Waals surface area contributed by atoms with Crippen molar-refractivity contribution in [2.75, 3.05) is 17.7 Å². The molecule has 7 nitrogen and oxygen atoms in total. The van der Waals surface area contributed by atoms with Crippen molar-refractivity contribution >= 4 is 18.1 Å². The Morgan fingerprint density at radius 1 is 1.31 bits per heavy atom. The van der Waals surface area contributed by atoms with Crippen LogP contribution in [0.2, 0.25) is 0 Å². The quantitative estimate of drug-likeness (QED) is 0.508. The molecule has 0 amide bonds. The summed E-state index contributed by atoms with van der Waals surface area (Å²) in [7, 11) is 0. The number of anilines is 2.